The van der Waals surface area contributed by atoms with Gasteiger partial charge in [-0.2, -0.15) is 0 Å². The third kappa shape index (κ3) is 3.22. The fourth-order valence-electron chi connectivity index (χ4n) is 7.19. The van der Waals surface area contributed by atoms with E-state index in [0.29, 0.717) is 53.2 Å². The summed E-state index contributed by atoms with van der Waals surface area (Å²) in [6.07, 6.45) is 4.30. The topological polar surface area (TPSA) is 49.9 Å². The summed E-state index contributed by atoms with van der Waals surface area (Å²) in [6.45, 7) is 14.3. The van der Waals surface area contributed by atoms with Gasteiger partial charge in [-0.15, -0.1) is 0 Å². The Balaban J connectivity index is 1.23. The third-order valence-electron chi connectivity index (χ3n) is 9.71. The van der Waals surface area contributed by atoms with E-state index in [1.165, 1.54) is 0 Å². The van der Waals surface area contributed by atoms with Crippen molar-refractivity contribution in [2.24, 2.45) is 52.8 Å². The predicted molar refractivity (Wildman–Crippen MR) is 115 cm³/mol. The Kier molecular flexibility index (Phi) is 5.19. The fraction of sp³-hybridized carbons (Fsp3) is 0.920. The van der Waals surface area contributed by atoms with Crippen LogP contribution in [0.3, 0.4) is 0 Å². The van der Waals surface area contributed by atoms with Gasteiger partial charge in [0.15, 0.2) is 0 Å². The lowest BCUT2D eigenvalue weighted by Gasteiger charge is -2.28. The number of fused-ring (bicyclic) bond motifs is 1. The molecule has 0 N–H and O–H groups in total. The van der Waals surface area contributed by atoms with Crippen LogP contribution in [0.1, 0.15) is 53.4 Å². The van der Waals surface area contributed by atoms with Crippen molar-refractivity contribution < 1.29 is 14.3 Å². The van der Waals surface area contributed by atoms with E-state index in [1.807, 2.05) is 0 Å². The van der Waals surface area contributed by atoms with Crippen LogP contribution in [0.25, 0.3) is 0 Å². The van der Waals surface area contributed by atoms with Gasteiger partial charge in [-0.05, 0) is 48.9 Å². The van der Waals surface area contributed by atoms with E-state index in [0.717, 1.165) is 65.1 Å². The first kappa shape index (κ1) is 20.8. The van der Waals surface area contributed by atoms with Gasteiger partial charge in [0.05, 0.1) is 18.6 Å². The zero-order chi connectivity index (χ0) is 21.2. The quantitative estimate of drug-likeness (QED) is 0.668. The van der Waals surface area contributed by atoms with Crippen molar-refractivity contribution in [1.82, 2.24) is 9.80 Å². The van der Waals surface area contributed by atoms with Gasteiger partial charge in [-0.25, -0.2) is 0 Å². The Bertz CT molecular complexity index is 699. The van der Waals surface area contributed by atoms with E-state index >= 15 is 0 Å². The standard InChI is InChI=1S/C25H40N2O3/c1-5-18-11-27(10-16(18)3)24(29)25(21-13-30-14-22(21)25)7-6-19-12-26(9-17(19)4)23(28)20-8-15(20)2/h15-22H,5-14H2,1-4H3. The number of hydrogen-bond acceptors (Lipinski definition) is 3. The molecule has 0 aromatic rings. The van der Waals surface area contributed by atoms with Crippen molar-refractivity contribution in [2.45, 2.75) is 53.4 Å². The van der Waals surface area contributed by atoms with Crippen LogP contribution >= 0.6 is 0 Å². The van der Waals surface area contributed by atoms with Crippen molar-refractivity contribution in [2.75, 3.05) is 39.4 Å². The van der Waals surface area contributed by atoms with Gasteiger partial charge in [-0.1, -0.05) is 34.1 Å². The van der Waals surface area contributed by atoms with E-state index < -0.39 is 0 Å². The van der Waals surface area contributed by atoms with Crippen LogP contribution in [0.4, 0.5) is 0 Å². The molecule has 2 amide bonds. The van der Waals surface area contributed by atoms with Crippen LogP contribution in [0.5, 0.6) is 0 Å². The average molecular weight is 417 g/mol. The minimum atomic E-state index is -0.164. The van der Waals surface area contributed by atoms with Crippen molar-refractivity contribution in [3.05, 3.63) is 0 Å². The van der Waals surface area contributed by atoms with Gasteiger partial charge in [-0.3, -0.25) is 9.59 Å². The van der Waals surface area contributed by atoms with E-state index in [1.54, 1.807) is 0 Å². The highest BCUT2D eigenvalue weighted by Gasteiger charge is 2.72. The van der Waals surface area contributed by atoms with Crippen LogP contribution in [-0.2, 0) is 14.3 Å². The maximum absolute atomic E-state index is 13.7. The summed E-state index contributed by atoms with van der Waals surface area (Å²) in [7, 11) is 0. The molecule has 3 aliphatic heterocycles. The molecular weight excluding hydrogens is 376 g/mol. The van der Waals surface area contributed by atoms with Crippen LogP contribution in [0.15, 0.2) is 0 Å². The molecule has 0 bridgehead atoms. The van der Waals surface area contributed by atoms with E-state index in [2.05, 4.69) is 37.5 Å². The molecule has 5 rings (SSSR count). The summed E-state index contributed by atoms with van der Waals surface area (Å²) in [4.78, 5) is 30.8. The molecule has 2 saturated carbocycles. The Morgan fingerprint density at radius 1 is 0.900 bits per heavy atom. The molecule has 3 heterocycles. The molecular formula is C25H40N2O3. The number of nitrogens with zero attached hydrogens (tertiary/aromatic N) is 2. The van der Waals surface area contributed by atoms with Crippen molar-refractivity contribution in [1.29, 1.82) is 0 Å². The number of carbonyl (C=O) groups excluding carboxylic acids is 2. The van der Waals surface area contributed by atoms with Gasteiger partial charge < -0.3 is 14.5 Å². The van der Waals surface area contributed by atoms with Crippen molar-refractivity contribution in [3.8, 4) is 0 Å². The number of ether oxygens (including phenoxy) is 1. The minimum absolute atomic E-state index is 0.164. The molecule has 0 aromatic heterocycles. The van der Waals surface area contributed by atoms with Gasteiger partial charge in [0.25, 0.3) is 0 Å². The number of rotatable bonds is 6. The largest absolute Gasteiger partial charge is 0.381 e. The van der Waals surface area contributed by atoms with Gasteiger partial charge in [0.1, 0.15) is 0 Å². The molecule has 3 saturated heterocycles. The van der Waals surface area contributed by atoms with Crippen molar-refractivity contribution in [3.63, 3.8) is 0 Å². The van der Waals surface area contributed by atoms with E-state index in [-0.39, 0.29) is 11.3 Å². The summed E-state index contributed by atoms with van der Waals surface area (Å²) in [5.41, 5.74) is -0.164. The normalized spacial score (nSPS) is 46.9. The number of likely N-dealkylation sites (tertiary alicyclic amines) is 2. The molecule has 0 radical (unpaired) electrons. The molecule has 5 heteroatoms. The molecule has 0 aromatic carbocycles. The Morgan fingerprint density at radius 2 is 1.50 bits per heavy atom. The Hall–Kier alpha value is -1.10. The van der Waals surface area contributed by atoms with Crippen LogP contribution in [0, 0.1) is 52.8 Å². The van der Waals surface area contributed by atoms with Crippen molar-refractivity contribution >= 4 is 11.8 Å². The molecule has 8 unspecified atom stereocenters. The lowest BCUT2D eigenvalue weighted by Crippen LogP contribution is -2.39. The summed E-state index contributed by atoms with van der Waals surface area (Å²) in [5.74, 6) is 4.89. The lowest BCUT2D eigenvalue weighted by molar-refractivity contribution is -0.139. The first-order valence-electron chi connectivity index (χ1n) is 12.5. The predicted octanol–water partition coefficient (Wildman–Crippen LogP) is 3.28. The third-order valence-corrected chi connectivity index (χ3v) is 9.71. The average Bonchev–Trinajstić information content (AvgIpc) is 3.30. The molecule has 5 fully saturated rings. The number of hydrogen-bond donors (Lipinski definition) is 0. The second-order valence-corrected chi connectivity index (χ2v) is 11.5. The second-order valence-electron chi connectivity index (χ2n) is 11.5. The Labute approximate surface area is 181 Å². The molecule has 168 valence electrons. The Morgan fingerprint density at radius 3 is 2.10 bits per heavy atom. The van der Waals surface area contributed by atoms with Crippen LogP contribution < -0.4 is 0 Å². The maximum atomic E-state index is 13.7. The minimum Gasteiger partial charge on any atom is -0.381 e. The highest BCUT2D eigenvalue weighted by Crippen LogP contribution is 2.66. The first-order valence-corrected chi connectivity index (χ1v) is 12.5. The summed E-state index contributed by atoms with van der Waals surface area (Å²) < 4.78 is 5.70. The fourth-order valence-corrected chi connectivity index (χ4v) is 7.19. The first-order chi connectivity index (χ1) is 14.4. The van der Waals surface area contributed by atoms with E-state index in [4.69, 9.17) is 4.74 Å². The zero-order valence-corrected chi connectivity index (χ0v) is 19.3. The molecule has 5 nitrogen and oxygen atoms in total. The molecule has 8 atom stereocenters. The van der Waals surface area contributed by atoms with Crippen LogP contribution in [0.2, 0.25) is 0 Å². The summed E-state index contributed by atoms with van der Waals surface area (Å²) in [6, 6.07) is 0. The lowest BCUT2D eigenvalue weighted by atomic mass is 9.85. The maximum Gasteiger partial charge on any atom is 0.229 e. The van der Waals surface area contributed by atoms with E-state index in [9.17, 15) is 9.59 Å². The van der Waals surface area contributed by atoms with Gasteiger partial charge in [0, 0.05) is 43.9 Å². The zero-order valence-electron chi connectivity index (χ0n) is 19.3. The van der Waals surface area contributed by atoms with Gasteiger partial charge in [0.2, 0.25) is 11.8 Å². The smallest absolute Gasteiger partial charge is 0.229 e. The molecule has 0 spiro atoms. The number of amides is 2. The molecule has 30 heavy (non-hydrogen) atoms. The van der Waals surface area contributed by atoms with Crippen LogP contribution in [-0.4, -0.2) is 61.0 Å². The van der Waals surface area contributed by atoms with Gasteiger partial charge >= 0.3 is 0 Å². The number of carbonyl (C=O) groups is 2. The highest BCUT2D eigenvalue weighted by atomic mass is 16.5. The highest BCUT2D eigenvalue weighted by molar-refractivity contribution is 5.87. The summed E-state index contributed by atoms with van der Waals surface area (Å²) in [5, 5.41) is 0. The molecule has 2 aliphatic carbocycles. The SMILES string of the molecule is CCC1CN(C(=O)C2(CCC3CN(C(=O)C4CC4C)CC3C)C3COCC32)CC1C. The monoisotopic (exact) mass is 416 g/mol. The summed E-state index contributed by atoms with van der Waals surface area (Å²) >= 11 is 0. The second kappa shape index (κ2) is 7.50. The molecule has 5 aliphatic rings.